The van der Waals surface area contributed by atoms with Crippen molar-refractivity contribution in [3.8, 4) is 17.2 Å². The van der Waals surface area contributed by atoms with Gasteiger partial charge in [-0.05, 0) is 12.1 Å². The van der Waals surface area contributed by atoms with Crippen LogP contribution in [0.15, 0.2) is 30.3 Å². The Morgan fingerprint density at radius 2 is 1.48 bits per heavy atom. The highest BCUT2D eigenvalue weighted by Crippen LogP contribution is 2.40. The molecule has 0 saturated carbocycles. The summed E-state index contributed by atoms with van der Waals surface area (Å²) in [5.41, 5.74) is 6.02. The Labute approximate surface area is 135 Å². The van der Waals surface area contributed by atoms with Crippen LogP contribution >= 0.6 is 34.8 Å². The molecule has 2 aromatic rings. The van der Waals surface area contributed by atoms with Crippen LogP contribution in [-0.2, 0) is 0 Å². The van der Waals surface area contributed by atoms with Gasteiger partial charge in [0, 0.05) is 18.2 Å². The third-order valence-electron chi connectivity index (χ3n) is 2.41. The minimum atomic E-state index is -1.97. The molecule has 0 atom stereocenters. The second-order valence-electron chi connectivity index (χ2n) is 3.95. The number of rotatable bonds is 4. The lowest BCUT2D eigenvalue weighted by Gasteiger charge is -2.12. The van der Waals surface area contributed by atoms with Crippen LogP contribution in [0.25, 0.3) is 0 Å². The monoisotopic (exact) mass is 347 g/mol. The summed E-state index contributed by atoms with van der Waals surface area (Å²) in [4.78, 5) is 0. The minimum Gasteiger partial charge on any atom is -0.512 e. The summed E-state index contributed by atoms with van der Waals surface area (Å²) in [6.07, 6.45) is 0. The average Bonchev–Trinajstić information content (AvgIpc) is 2.37. The van der Waals surface area contributed by atoms with Crippen molar-refractivity contribution in [2.75, 3.05) is 5.73 Å². The van der Waals surface area contributed by atoms with E-state index in [4.69, 9.17) is 55.3 Å². The molecule has 0 heterocycles. The highest BCUT2D eigenvalue weighted by atomic mass is 35.5. The van der Waals surface area contributed by atoms with E-state index in [9.17, 15) is 0 Å². The van der Waals surface area contributed by atoms with Gasteiger partial charge in [0.1, 0.15) is 11.5 Å². The zero-order valence-corrected chi connectivity index (χ0v) is 12.7. The Balaban J connectivity index is 2.29. The SMILES string of the molecule is Nc1ccc(Oc2c(Cl)cc(OB(O)O)cc2Cl)cc1Cl. The van der Waals surface area contributed by atoms with Crippen LogP contribution in [0.1, 0.15) is 0 Å². The predicted molar refractivity (Wildman–Crippen MR) is 83.2 cm³/mol. The Bertz CT molecular complexity index is 646. The molecular weight excluding hydrogens is 339 g/mol. The van der Waals surface area contributed by atoms with E-state index >= 15 is 0 Å². The van der Waals surface area contributed by atoms with Crippen LogP contribution in [0, 0.1) is 0 Å². The first kappa shape index (κ1) is 16.1. The van der Waals surface area contributed by atoms with Crippen molar-refractivity contribution in [3.63, 3.8) is 0 Å². The van der Waals surface area contributed by atoms with Gasteiger partial charge in [-0.2, -0.15) is 0 Å². The molecule has 0 spiro atoms. The first-order valence-electron chi connectivity index (χ1n) is 5.61. The molecule has 21 heavy (non-hydrogen) atoms. The fraction of sp³-hybridized carbons (Fsp3) is 0. The van der Waals surface area contributed by atoms with Crippen molar-refractivity contribution in [1.29, 1.82) is 0 Å². The Morgan fingerprint density at radius 3 is 2.00 bits per heavy atom. The van der Waals surface area contributed by atoms with Crippen LogP contribution in [0.3, 0.4) is 0 Å². The molecule has 0 radical (unpaired) electrons. The highest BCUT2D eigenvalue weighted by molar-refractivity contribution is 6.38. The van der Waals surface area contributed by atoms with Gasteiger partial charge in [-0.25, -0.2) is 0 Å². The summed E-state index contributed by atoms with van der Waals surface area (Å²) in [5, 5.41) is 18.1. The van der Waals surface area contributed by atoms with E-state index in [-0.39, 0.29) is 21.5 Å². The molecular formula is C12H9BCl3NO4. The van der Waals surface area contributed by atoms with Crippen molar-refractivity contribution in [1.82, 2.24) is 0 Å². The molecule has 4 N–H and O–H groups in total. The lowest BCUT2D eigenvalue weighted by Crippen LogP contribution is -2.20. The van der Waals surface area contributed by atoms with Crippen LogP contribution < -0.4 is 15.1 Å². The normalized spacial score (nSPS) is 10.3. The molecule has 0 aromatic heterocycles. The van der Waals surface area contributed by atoms with E-state index < -0.39 is 7.32 Å². The molecule has 0 amide bonds. The summed E-state index contributed by atoms with van der Waals surface area (Å²) in [5.74, 6) is 0.663. The van der Waals surface area contributed by atoms with E-state index in [1.807, 2.05) is 0 Å². The minimum absolute atomic E-state index is 0.0858. The van der Waals surface area contributed by atoms with E-state index in [0.29, 0.717) is 16.5 Å². The fourth-order valence-corrected chi connectivity index (χ4v) is 2.23. The largest absolute Gasteiger partial charge is 0.707 e. The predicted octanol–water partition coefficient (Wildman–Crippen LogP) is 3.37. The van der Waals surface area contributed by atoms with E-state index in [0.717, 1.165) is 0 Å². The van der Waals surface area contributed by atoms with Gasteiger partial charge in [-0.15, -0.1) is 0 Å². The molecule has 2 rings (SSSR count). The fourth-order valence-electron chi connectivity index (χ4n) is 1.51. The van der Waals surface area contributed by atoms with Crippen molar-refractivity contribution in [2.45, 2.75) is 0 Å². The van der Waals surface area contributed by atoms with E-state index in [1.165, 1.54) is 18.2 Å². The molecule has 5 nitrogen and oxygen atoms in total. The molecule has 0 bridgehead atoms. The first-order valence-corrected chi connectivity index (χ1v) is 6.75. The van der Waals surface area contributed by atoms with Gasteiger partial charge in [-0.3, -0.25) is 0 Å². The van der Waals surface area contributed by atoms with Gasteiger partial charge in [-0.1, -0.05) is 34.8 Å². The molecule has 9 heteroatoms. The van der Waals surface area contributed by atoms with Crippen molar-refractivity contribution >= 4 is 47.8 Å². The number of ether oxygens (including phenoxy) is 1. The second kappa shape index (κ2) is 6.64. The summed E-state index contributed by atoms with van der Waals surface area (Å²) in [6.45, 7) is 0. The summed E-state index contributed by atoms with van der Waals surface area (Å²) >= 11 is 18.0. The number of nitrogen functional groups attached to an aromatic ring is 1. The molecule has 0 fully saturated rings. The molecule has 2 aromatic carbocycles. The number of hydrogen-bond donors (Lipinski definition) is 3. The van der Waals surface area contributed by atoms with Gasteiger partial charge in [0.2, 0.25) is 0 Å². The number of halogens is 3. The maximum Gasteiger partial charge on any atom is 0.707 e. The number of benzene rings is 2. The van der Waals surface area contributed by atoms with E-state index in [1.54, 1.807) is 12.1 Å². The third kappa shape index (κ3) is 4.09. The summed E-state index contributed by atoms with van der Waals surface area (Å²) in [6, 6.07) is 7.38. The average molecular weight is 348 g/mol. The van der Waals surface area contributed by atoms with Crippen LogP contribution in [-0.4, -0.2) is 17.4 Å². The number of anilines is 1. The van der Waals surface area contributed by atoms with Crippen LogP contribution in [0.4, 0.5) is 5.69 Å². The molecule has 0 unspecified atom stereocenters. The number of hydrogen-bond acceptors (Lipinski definition) is 5. The molecule has 0 aliphatic heterocycles. The van der Waals surface area contributed by atoms with Gasteiger partial charge in [0.05, 0.1) is 20.8 Å². The van der Waals surface area contributed by atoms with Crippen molar-refractivity contribution in [3.05, 3.63) is 45.4 Å². The molecule has 0 aliphatic rings. The zero-order chi connectivity index (χ0) is 15.6. The van der Waals surface area contributed by atoms with Gasteiger partial charge in [0.25, 0.3) is 0 Å². The maximum absolute atomic E-state index is 8.74. The first-order chi connectivity index (χ1) is 9.86. The third-order valence-corrected chi connectivity index (χ3v) is 3.29. The lowest BCUT2D eigenvalue weighted by atomic mass is 10.2. The lowest BCUT2D eigenvalue weighted by molar-refractivity contribution is 0.288. The van der Waals surface area contributed by atoms with Crippen LogP contribution in [0.2, 0.25) is 15.1 Å². The Kier molecular flexibility index (Phi) is 5.08. The van der Waals surface area contributed by atoms with Gasteiger partial charge < -0.3 is 25.2 Å². The molecule has 0 saturated heterocycles. The zero-order valence-electron chi connectivity index (χ0n) is 10.4. The van der Waals surface area contributed by atoms with Crippen molar-refractivity contribution < 1.29 is 19.4 Å². The highest BCUT2D eigenvalue weighted by Gasteiger charge is 2.16. The molecule has 110 valence electrons. The van der Waals surface area contributed by atoms with Crippen LogP contribution in [0.5, 0.6) is 17.2 Å². The quantitative estimate of drug-likeness (QED) is 0.583. The van der Waals surface area contributed by atoms with Gasteiger partial charge in [0.15, 0.2) is 5.75 Å². The topological polar surface area (TPSA) is 84.9 Å². The molecule has 0 aliphatic carbocycles. The number of nitrogens with two attached hydrogens (primary N) is 1. The van der Waals surface area contributed by atoms with Crippen molar-refractivity contribution in [2.24, 2.45) is 0 Å². The Hall–Kier alpha value is -1.31. The smallest absolute Gasteiger partial charge is 0.512 e. The van der Waals surface area contributed by atoms with E-state index in [2.05, 4.69) is 4.65 Å². The van der Waals surface area contributed by atoms with Gasteiger partial charge >= 0.3 is 7.32 Å². The summed E-state index contributed by atoms with van der Waals surface area (Å²) < 4.78 is 10.2. The second-order valence-corrected chi connectivity index (χ2v) is 5.17. The Morgan fingerprint density at radius 1 is 0.905 bits per heavy atom. The maximum atomic E-state index is 8.74. The standard InChI is InChI=1S/C12H9BCl3NO4/c14-8-3-6(1-2-11(8)17)20-12-9(15)4-7(5-10(12)16)21-13(18)19/h1-5,18-19H,17H2. The summed E-state index contributed by atoms with van der Waals surface area (Å²) in [7, 11) is -1.97.